The Morgan fingerprint density at radius 2 is 1.05 bits per heavy atom. The number of amides is 2. The molecule has 350 valence electrons. The van der Waals surface area contributed by atoms with Crippen LogP contribution in [0.4, 0.5) is 0 Å². The second-order valence-electron chi connectivity index (χ2n) is 15.0. The van der Waals surface area contributed by atoms with Crippen molar-refractivity contribution in [3.63, 3.8) is 0 Å². The summed E-state index contributed by atoms with van der Waals surface area (Å²) in [6.45, 7) is 5.65. The van der Waals surface area contributed by atoms with E-state index in [1.54, 1.807) is 0 Å². The quantitative estimate of drug-likeness (QED) is 0.0429. The van der Waals surface area contributed by atoms with Crippen LogP contribution in [0.15, 0.2) is 0 Å². The lowest BCUT2D eigenvalue weighted by atomic mass is 9.97. The van der Waals surface area contributed by atoms with Crippen LogP contribution in [0.5, 0.6) is 0 Å². The summed E-state index contributed by atoms with van der Waals surface area (Å²) in [4.78, 5) is 78.4. The number of nitrogens with one attached hydrogen (secondary N) is 2. The van der Waals surface area contributed by atoms with Crippen molar-refractivity contribution in [3.8, 4) is 0 Å². The van der Waals surface area contributed by atoms with Crippen LogP contribution < -0.4 is 16.4 Å². The first-order chi connectivity index (χ1) is 28.8. The fourth-order valence-corrected chi connectivity index (χ4v) is 5.74. The molecule has 0 aromatic heterocycles. The van der Waals surface area contributed by atoms with Crippen molar-refractivity contribution in [2.45, 2.75) is 161 Å². The zero-order chi connectivity index (χ0) is 45.1. The second-order valence-corrected chi connectivity index (χ2v) is 15.0. The van der Waals surface area contributed by atoms with Gasteiger partial charge in [-0.2, -0.15) is 0 Å². The smallest absolute Gasteiger partial charge is 0.320 e. The van der Waals surface area contributed by atoms with Crippen molar-refractivity contribution >= 4 is 41.3 Å². The number of carbonyl (C=O) groups is 7. The van der Waals surface area contributed by atoms with E-state index >= 15 is 0 Å². The molecule has 0 saturated carbocycles. The molecule has 2 atom stereocenters. The van der Waals surface area contributed by atoms with E-state index in [0.717, 1.165) is 12.8 Å². The van der Waals surface area contributed by atoms with Gasteiger partial charge in [0.25, 0.3) is 0 Å². The molecule has 0 aliphatic heterocycles. The number of rotatable bonds is 43. The van der Waals surface area contributed by atoms with Crippen LogP contribution in [0, 0.1) is 5.92 Å². The number of nitrogens with two attached hydrogens (primary N) is 1. The van der Waals surface area contributed by atoms with E-state index in [0.29, 0.717) is 51.7 Å². The van der Waals surface area contributed by atoms with Crippen LogP contribution in [0.1, 0.15) is 155 Å². The number of Topliss-reactive ketones (excluding diaryl/α,β-unsaturated/α-hetero) is 2. The summed E-state index contributed by atoms with van der Waals surface area (Å²) in [5.41, 5.74) is 5.40. The van der Waals surface area contributed by atoms with Crippen LogP contribution in [0.25, 0.3) is 0 Å². The number of carbonyl (C=O) groups excluding carboxylic acids is 4. The van der Waals surface area contributed by atoms with Gasteiger partial charge in [-0.1, -0.05) is 84.0 Å². The molecule has 0 aromatic rings. The van der Waals surface area contributed by atoms with Gasteiger partial charge in [0, 0.05) is 45.4 Å². The molecule has 0 rings (SSSR count). The van der Waals surface area contributed by atoms with Gasteiger partial charge in [0.15, 0.2) is 5.78 Å². The third-order valence-corrected chi connectivity index (χ3v) is 9.23. The number of hydrogen-bond acceptors (Lipinski definition) is 12. The first kappa shape index (κ1) is 58.6. The Bertz CT molecular complexity index is 1140. The van der Waals surface area contributed by atoms with Crippen LogP contribution in [-0.4, -0.2) is 129 Å². The third-order valence-electron chi connectivity index (χ3n) is 9.23. The predicted octanol–water partition coefficient (Wildman–Crippen LogP) is 5.23. The number of ketones is 2. The molecule has 0 aromatic carbocycles. The van der Waals surface area contributed by atoms with E-state index in [2.05, 4.69) is 17.6 Å². The Kier molecular flexibility index (Phi) is 42.5. The van der Waals surface area contributed by atoms with Crippen LogP contribution in [-0.2, 0) is 52.5 Å². The summed E-state index contributed by atoms with van der Waals surface area (Å²) in [7, 11) is 0. The van der Waals surface area contributed by atoms with E-state index in [9.17, 15) is 33.6 Å². The van der Waals surface area contributed by atoms with Gasteiger partial charge in [-0.05, 0) is 45.4 Å². The summed E-state index contributed by atoms with van der Waals surface area (Å²) in [6, 6.07) is -0.885. The van der Waals surface area contributed by atoms with Crippen molar-refractivity contribution < 1.29 is 67.8 Å². The summed E-state index contributed by atoms with van der Waals surface area (Å²) in [5, 5.41) is 31.5. The van der Waals surface area contributed by atoms with Gasteiger partial charge in [0.1, 0.15) is 25.0 Å². The Hall–Kier alpha value is -3.51. The van der Waals surface area contributed by atoms with Crippen LogP contribution >= 0.6 is 0 Å². The summed E-state index contributed by atoms with van der Waals surface area (Å²) in [5.74, 6) is -4.56. The molecule has 2 amide bonds. The lowest BCUT2D eigenvalue weighted by Crippen LogP contribution is -2.31. The molecular formula is C43H79N3O14. The Morgan fingerprint density at radius 1 is 0.517 bits per heavy atom. The van der Waals surface area contributed by atoms with Gasteiger partial charge in [-0.25, -0.2) is 0 Å². The zero-order valence-corrected chi connectivity index (χ0v) is 36.7. The van der Waals surface area contributed by atoms with Gasteiger partial charge in [-0.15, -0.1) is 0 Å². The van der Waals surface area contributed by atoms with Crippen molar-refractivity contribution in [1.82, 2.24) is 10.6 Å². The van der Waals surface area contributed by atoms with Crippen LogP contribution in [0.2, 0.25) is 0 Å². The highest BCUT2D eigenvalue weighted by molar-refractivity contribution is 5.83. The van der Waals surface area contributed by atoms with Crippen molar-refractivity contribution in [3.05, 3.63) is 0 Å². The summed E-state index contributed by atoms with van der Waals surface area (Å²) < 4.78 is 21.2. The van der Waals surface area contributed by atoms with Crippen molar-refractivity contribution in [1.29, 1.82) is 0 Å². The molecule has 7 N–H and O–H groups in total. The van der Waals surface area contributed by atoms with E-state index in [4.69, 9.17) is 40.0 Å². The minimum absolute atomic E-state index is 0.00468. The average Bonchev–Trinajstić information content (AvgIpc) is 3.19. The first-order valence-corrected chi connectivity index (χ1v) is 22.1. The fourth-order valence-electron chi connectivity index (χ4n) is 5.74. The Labute approximate surface area is 357 Å². The monoisotopic (exact) mass is 862 g/mol. The molecule has 0 heterocycles. The maximum atomic E-state index is 11.8. The van der Waals surface area contributed by atoms with E-state index in [1.807, 2.05) is 0 Å². The molecule has 0 bridgehead atoms. The summed E-state index contributed by atoms with van der Waals surface area (Å²) in [6.07, 6.45) is 19.7. The molecular weight excluding hydrogens is 782 g/mol. The fraction of sp³-hybridized carbons (Fsp3) is 0.837. The van der Waals surface area contributed by atoms with E-state index in [-0.39, 0.29) is 95.4 Å². The zero-order valence-electron chi connectivity index (χ0n) is 36.7. The van der Waals surface area contributed by atoms with E-state index in [1.165, 1.54) is 77.6 Å². The number of aliphatic carboxylic acids is 3. The average molecular weight is 862 g/mol. The molecule has 0 fully saturated rings. The lowest BCUT2D eigenvalue weighted by Gasteiger charge is -2.11. The molecule has 60 heavy (non-hydrogen) atoms. The highest BCUT2D eigenvalue weighted by Gasteiger charge is 2.20. The second kappa shape index (κ2) is 43.6. The molecule has 0 aliphatic carbocycles. The summed E-state index contributed by atoms with van der Waals surface area (Å²) >= 11 is 0. The highest BCUT2D eigenvalue weighted by Crippen LogP contribution is 2.14. The number of hydrogen-bond donors (Lipinski definition) is 6. The number of carboxylic acids is 3. The van der Waals surface area contributed by atoms with E-state index < -0.39 is 29.9 Å². The van der Waals surface area contributed by atoms with Gasteiger partial charge < -0.3 is 55.4 Å². The van der Waals surface area contributed by atoms with Gasteiger partial charge in [-0.3, -0.25) is 28.8 Å². The molecule has 0 unspecified atom stereocenters. The van der Waals surface area contributed by atoms with Gasteiger partial charge in [0.05, 0.1) is 39.0 Å². The molecule has 0 saturated heterocycles. The molecule has 17 nitrogen and oxygen atoms in total. The Morgan fingerprint density at radius 3 is 1.60 bits per heavy atom. The largest absolute Gasteiger partial charge is 0.481 e. The van der Waals surface area contributed by atoms with Crippen molar-refractivity contribution in [2.24, 2.45) is 11.7 Å². The molecule has 0 radical (unpaired) electrons. The number of unbranched alkanes of at least 4 members (excludes halogenated alkanes) is 13. The standard InChI is InChI=1S/C27H47N3O12.C16H32O2/c1-20(31)17-21(26(35)36)7-8-24(33)30-10-12-40-14-15-41-18-22(32)5-4-11-39-13-16-42-19-25(34)29-9-3-2-6-23(28)27(37)38;1-2-3-4-5-6-7-8-9-10-11-12-13-14-15-16(17)18/h21,23H,2-19,28H2,1H3,(H,29,34)(H,30,33)(H,35,36)(H,37,38);2-15H2,1H3,(H,17,18)/t21-,23+;/m1./s1. The number of carboxylic acid groups (broad SMARTS) is 3. The number of ether oxygens (including phenoxy) is 4. The molecule has 0 aliphatic rings. The van der Waals surface area contributed by atoms with Gasteiger partial charge >= 0.3 is 17.9 Å². The topological polar surface area (TPSA) is 267 Å². The Balaban J connectivity index is 0. The molecule has 17 heteroatoms. The SMILES string of the molecule is CC(=O)C[C@@H](CCC(=O)NCCOCCOCC(=O)CCCOCCOCC(=O)NCCCC[C@H](N)C(=O)O)C(=O)O.CCCCCCCCCCCCCCCC(=O)O. The predicted molar refractivity (Wildman–Crippen MR) is 227 cm³/mol. The van der Waals surface area contributed by atoms with Crippen molar-refractivity contribution in [2.75, 3.05) is 65.9 Å². The maximum Gasteiger partial charge on any atom is 0.320 e. The molecule has 0 spiro atoms. The third kappa shape index (κ3) is 45.6. The minimum atomic E-state index is -1.09. The normalized spacial score (nSPS) is 11.8. The highest BCUT2D eigenvalue weighted by atomic mass is 16.5. The minimum Gasteiger partial charge on any atom is -0.481 e. The first-order valence-electron chi connectivity index (χ1n) is 22.1. The maximum absolute atomic E-state index is 11.8. The van der Waals surface area contributed by atoms with Crippen LogP contribution in [0.3, 0.4) is 0 Å². The lowest BCUT2D eigenvalue weighted by molar-refractivity contribution is -0.144. The van der Waals surface area contributed by atoms with Gasteiger partial charge in [0.2, 0.25) is 11.8 Å².